The molecule has 0 atom stereocenters. The summed E-state index contributed by atoms with van der Waals surface area (Å²) in [7, 11) is 0. The largest absolute Gasteiger partial charge is 0.350 e. The van der Waals surface area contributed by atoms with Crippen LogP contribution in [0.2, 0.25) is 0 Å². The van der Waals surface area contributed by atoms with E-state index < -0.39 is 0 Å². The normalized spacial score (nSPS) is 14.7. The lowest BCUT2D eigenvalue weighted by molar-refractivity contribution is 0.0958. The van der Waals surface area contributed by atoms with Crippen LogP contribution >= 0.6 is 11.3 Å². The summed E-state index contributed by atoms with van der Waals surface area (Å²) in [5.74, 6) is 0.0276. The number of fused-ring (bicyclic) bond motifs is 1. The van der Waals surface area contributed by atoms with Gasteiger partial charge in [0.05, 0.1) is 4.88 Å². The van der Waals surface area contributed by atoms with Crippen molar-refractivity contribution in [3.63, 3.8) is 0 Å². The second kappa shape index (κ2) is 4.77. The average Bonchev–Trinajstić information content (AvgIpc) is 2.69. The first-order valence-corrected chi connectivity index (χ1v) is 6.23. The Morgan fingerprint density at radius 1 is 1.47 bits per heavy atom. The molecule has 0 spiro atoms. The van der Waals surface area contributed by atoms with Gasteiger partial charge in [-0.1, -0.05) is 0 Å². The van der Waals surface area contributed by atoms with Crippen molar-refractivity contribution in [3.8, 4) is 0 Å². The maximum atomic E-state index is 11.7. The SMILES string of the molecule is NCCNC(=O)c1cc2c(s1)CCCC2. The highest BCUT2D eigenvalue weighted by Crippen LogP contribution is 2.29. The number of carbonyl (C=O) groups excluding carboxylic acids is 1. The lowest BCUT2D eigenvalue weighted by Gasteiger charge is -2.08. The van der Waals surface area contributed by atoms with Crippen LogP contribution in [-0.4, -0.2) is 19.0 Å². The van der Waals surface area contributed by atoms with Crippen LogP contribution in [0.25, 0.3) is 0 Å². The second-order valence-corrected chi connectivity index (χ2v) is 4.95. The molecule has 1 aliphatic rings. The molecule has 0 aliphatic heterocycles. The van der Waals surface area contributed by atoms with Gasteiger partial charge in [-0.2, -0.15) is 0 Å². The highest BCUT2D eigenvalue weighted by Gasteiger charge is 2.16. The molecule has 0 radical (unpaired) electrons. The highest BCUT2D eigenvalue weighted by atomic mass is 32.1. The van der Waals surface area contributed by atoms with E-state index in [1.54, 1.807) is 11.3 Å². The molecular formula is C11H16N2OS. The Morgan fingerprint density at radius 3 is 3.00 bits per heavy atom. The summed E-state index contributed by atoms with van der Waals surface area (Å²) in [6, 6.07) is 2.05. The first-order chi connectivity index (χ1) is 7.31. The van der Waals surface area contributed by atoms with Crippen molar-refractivity contribution < 1.29 is 4.79 Å². The molecule has 4 heteroatoms. The van der Waals surface area contributed by atoms with Crippen LogP contribution in [0.1, 0.15) is 33.0 Å². The van der Waals surface area contributed by atoms with Gasteiger partial charge in [0.2, 0.25) is 0 Å². The Labute approximate surface area is 93.7 Å². The molecule has 15 heavy (non-hydrogen) atoms. The third-order valence-electron chi connectivity index (χ3n) is 2.65. The summed E-state index contributed by atoms with van der Waals surface area (Å²) in [5.41, 5.74) is 6.72. The molecule has 0 bridgehead atoms. The summed E-state index contributed by atoms with van der Waals surface area (Å²) in [6.45, 7) is 1.05. The smallest absolute Gasteiger partial charge is 0.261 e. The number of thiophene rings is 1. The molecule has 0 unspecified atom stereocenters. The molecule has 1 amide bonds. The zero-order chi connectivity index (χ0) is 10.7. The molecular weight excluding hydrogens is 208 g/mol. The van der Waals surface area contributed by atoms with Crippen molar-refractivity contribution in [2.45, 2.75) is 25.7 Å². The summed E-state index contributed by atoms with van der Waals surface area (Å²) in [6.07, 6.45) is 4.80. The zero-order valence-electron chi connectivity index (χ0n) is 8.71. The van der Waals surface area contributed by atoms with E-state index in [1.807, 2.05) is 6.07 Å². The van der Waals surface area contributed by atoms with E-state index in [0.717, 1.165) is 17.7 Å². The van der Waals surface area contributed by atoms with Crippen molar-refractivity contribution in [1.29, 1.82) is 0 Å². The first kappa shape index (κ1) is 10.6. The van der Waals surface area contributed by atoms with Crippen molar-refractivity contribution in [2.24, 2.45) is 5.73 Å². The predicted molar refractivity (Wildman–Crippen MR) is 62.3 cm³/mol. The number of hydrogen-bond donors (Lipinski definition) is 2. The average molecular weight is 224 g/mol. The third kappa shape index (κ3) is 2.38. The van der Waals surface area contributed by atoms with Gasteiger partial charge in [-0.05, 0) is 37.3 Å². The van der Waals surface area contributed by atoms with Gasteiger partial charge in [-0.3, -0.25) is 4.79 Å². The van der Waals surface area contributed by atoms with Gasteiger partial charge in [-0.25, -0.2) is 0 Å². The number of amides is 1. The third-order valence-corrected chi connectivity index (χ3v) is 3.89. The van der Waals surface area contributed by atoms with Crippen LogP contribution in [0.15, 0.2) is 6.07 Å². The fourth-order valence-corrected chi connectivity index (χ4v) is 3.05. The summed E-state index contributed by atoms with van der Waals surface area (Å²) in [5, 5.41) is 2.80. The molecule has 82 valence electrons. The van der Waals surface area contributed by atoms with E-state index >= 15 is 0 Å². The molecule has 0 fully saturated rings. The minimum absolute atomic E-state index is 0.0276. The second-order valence-electron chi connectivity index (χ2n) is 3.81. The van der Waals surface area contributed by atoms with E-state index in [9.17, 15) is 4.79 Å². The molecule has 3 nitrogen and oxygen atoms in total. The van der Waals surface area contributed by atoms with E-state index in [4.69, 9.17) is 5.73 Å². The zero-order valence-corrected chi connectivity index (χ0v) is 9.53. The number of carbonyl (C=O) groups is 1. The topological polar surface area (TPSA) is 55.1 Å². The summed E-state index contributed by atoms with van der Waals surface area (Å²) < 4.78 is 0. The maximum Gasteiger partial charge on any atom is 0.261 e. The summed E-state index contributed by atoms with van der Waals surface area (Å²) >= 11 is 1.64. The van der Waals surface area contributed by atoms with E-state index in [0.29, 0.717) is 13.1 Å². The molecule has 0 saturated heterocycles. The predicted octanol–water partition coefficient (Wildman–Crippen LogP) is 1.32. The molecule has 1 aliphatic carbocycles. The number of nitrogens with two attached hydrogens (primary N) is 1. The monoisotopic (exact) mass is 224 g/mol. The molecule has 1 heterocycles. The van der Waals surface area contributed by atoms with Crippen LogP contribution in [0.3, 0.4) is 0 Å². The molecule has 2 rings (SSSR count). The van der Waals surface area contributed by atoms with Crippen molar-refractivity contribution in [1.82, 2.24) is 5.32 Å². The lowest BCUT2D eigenvalue weighted by Crippen LogP contribution is -2.28. The Kier molecular flexibility index (Phi) is 3.38. The van der Waals surface area contributed by atoms with Crippen molar-refractivity contribution in [2.75, 3.05) is 13.1 Å². The Hall–Kier alpha value is -0.870. The Balaban J connectivity index is 2.08. The van der Waals surface area contributed by atoms with Gasteiger partial charge in [0.1, 0.15) is 0 Å². The molecule has 1 aromatic heterocycles. The van der Waals surface area contributed by atoms with Gasteiger partial charge < -0.3 is 11.1 Å². The first-order valence-electron chi connectivity index (χ1n) is 5.41. The van der Waals surface area contributed by atoms with Crippen molar-refractivity contribution >= 4 is 17.2 Å². The van der Waals surface area contributed by atoms with E-state index in [1.165, 1.54) is 23.3 Å². The lowest BCUT2D eigenvalue weighted by atomic mass is 9.99. The van der Waals surface area contributed by atoms with Crippen LogP contribution in [0.4, 0.5) is 0 Å². The fraction of sp³-hybridized carbons (Fsp3) is 0.545. The summed E-state index contributed by atoms with van der Waals surface area (Å²) in [4.78, 5) is 13.9. The highest BCUT2D eigenvalue weighted by molar-refractivity contribution is 7.14. The van der Waals surface area contributed by atoms with Gasteiger partial charge in [-0.15, -0.1) is 11.3 Å². The van der Waals surface area contributed by atoms with Crippen LogP contribution < -0.4 is 11.1 Å². The number of nitrogens with one attached hydrogen (secondary N) is 1. The number of rotatable bonds is 3. The van der Waals surface area contributed by atoms with Crippen LogP contribution in [-0.2, 0) is 12.8 Å². The maximum absolute atomic E-state index is 11.7. The van der Waals surface area contributed by atoms with E-state index in [-0.39, 0.29) is 5.91 Å². The minimum atomic E-state index is 0.0276. The van der Waals surface area contributed by atoms with Crippen LogP contribution in [0, 0.1) is 0 Å². The molecule has 3 N–H and O–H groups in total. The molecule has 0 saturated carbocycles. The number of hydrogen-bond acceptors (Lipinski definition) is 3. The molecule has 0 aromatic carbocycles. The van der Waals surface area contributed by atoms with Crippen molar-refractivity contribution in [3.05, 3.63) is 21.4 Å². The van der Waals surface area contributed by atoms with Crippen LogP contribution in [0.5, 0.6) is 0 Å². The van der Waals surface area contributed by atoms with Gasteiger partial charge in [0.15, 0.2) is 0 Å². The quantitative estimate of drug-likeness (QED) is 0.813. The van der Waals surface area contributed by atoms with Gasteiger partial charge >= 0.3 is 0 Å². The molecule has 1 aromatic rings. The van der Waals surface area contributed by atoms with E-state index in [2.05, 4.69) is 5.32 Å². The number of aryl methyl sites for hydroxylation is 2. The Morgan fingerprint density at radius 2 is 2.27 bits per heavy atom. The Bertz CT molecular complexity index is 336. The minimum Gasteiger partial charge on any atom is -0.350 e. The standard InChI is InChI=1S/C11H16N2OS/c12-5-6-13-11(14)10-7-8-3-1-2-4-9(8)15-10/h7H,1-6,12H2,(H,13,14). The van der Waals surface area contributed by atoms with Gasteiger partial charge in [0, 0.05) is 18.0 Å². The fourth-order valence-electron chi connectivity index (χ4n) is 1.88. The van der Waals surface area contributed by atoms with Gasteiger partial charge in [0.25, 0.3) is 5.91 Å².